The Morgan fingerprint density at radius 3 is 2.39 bits per heavy atom. The van der Waals surface area contributed by atoms with Gasteiger partial charge in [-0.15, -0.1) is 0 Å². The fourth-order valence-corrected chi connectivity index (χ4v) is 4.70. The lowest BCUT2D eigenvalue weighted by Gasteiger charge is -2.35. The van der Waals surface area contributed by atoms with Crippen LogP contribution >= 0.6 is 11.6 Å². The number of carbonyl (C=O) groups is 4. The molecule has 10 heteroatoms. The van der Waals surface area contributed by atoms with Gasteiger partial charge >= 0.3 is 5.97 Å². The molecule has 3 amide bonds. The van der Waals surface area contributed by atoms with Crippen LogP contribution in [0.25, 0.3) is 0 Å². The SMILES string of the molecule is CCCOC(=O)c1cccc(N2C(=O)C(Cl)=C(Nc3ccc(C(=O)N(C)C4CCN(C)CC4)cc3)C2=O)c1. The molecule has 0 aromatic heterocycles. The summed E-state index contributed by atoms with van der Waals surface area (Å²) in [6.45, 7) is 4.06. The molecule has 1 N–H and O–H groups in total. The van der Waals surface area contributed by atoms with E-state index in [1.54, 1.807) is 47.4 Å². The lowest BCUT2D eigenvalue weighted by Crippen LogP contribution is -2.44. The second-order valence-corrected chi connectivity index (χ2v) is 9.85. The first-order valence-corrected chi connectivity index (χ1v) is 13.0. The molecule has 0 bridgehead atoms. The molecule has 0 atom stereocenters. The molecule has 2 aromatic carbocycles. The fraction of sp³-hybridized carbons (Fsp3) is 0.357. The Kier molecular flexibility index (Phi) is 8.48. The Morgan fingerprint density at radius 1 is 1.05 bits per heavy atom. The number of hydrogen-bond donors (Lipinski definition) is 1. The van der Waals surface area contributed by atoms with Crippen LogP contribution < -0.4 is 10.2 Å². The summed E-state index contributed by atoms with van der Waals surface area (Å²) in [5, 5.41) is 2.65. The van der Waals surface area contributed by atoms with Crippen LogP contribution in [0.2, 0.25) is 0 Å². The molecule has 0 spiro atoms. The number of halogens is 1. The van der Waals surface area contributed by atoms with Crippen LogP contribution in [0, 0.1) is 0 Å². The van der Waals surface area contributed by atoms with Crippen LogP contribution in [0.15, 0.2) is 59.3 Å². The monoisotopic (exact) mass is 538 g/mol. The van der Waals surface area contributed by atoms with E-state index in [-0.39, 0.29) is 40.5 Å². The smallest absolute Gasteiger partial charge is 0.338 e. The van der Waals surface area contributed by atoms with Crippen LogP contribution in [0.4, 0.5) is 11.4 Å². The fourth-order valence-electron chi connectivity index (χ4n) is 4.49. The summed E-state index contributed by atoms with van der Waals surface area (Å²) in [6.07, 6.45) is 2.54. The average molecular weight is 539 g/mol. The number of imide groups is 1. The maximum Gasteiger partial charge on any atom is 0.338 e. The van der Waals surface area contributed by atoms with E-state index in [2.05, 4.69) is 17.3 Å². The molecular formula is C28H31ClN4O5. The van der Waals surface area contributed by atoms with Crippen molar-refractivity contribution in [2.24, 2.45) is 0 Å². The van der Waals surface area contributed by atoms with Gasteiger partial charge in [-0.2, -0.15) is 0 Å². The molecule has 0 unspecified atom stereocenters. The van der Waals surface area contributed by atoms with Gasteiger partial charge in [-0.1, -0.05) is 24.6 Å². The summed E-state index contributed by atoms with van der Waals surface area (Å²) in [5.74, 6) is -1.97. The van der Waals surface area contributed by atoms with Crippen LogP contribution in [-0.4, -0.2) is 73.3 Å². The summed E-state index contributed by atoms with van der Waals surface area (Å²) in [6, 6.07) is 13.0. The number of benzene rings is 2. The highest BCUT2D eigenvalue weighted by Crippen LogP contribution is 2.31. The molecule has 1 saturated heterocycles. The second-order valence-electron chi connectivity index (χ2n) is 9.47. The Morgan fingerprint density at radius 2 is 1.74 bits per heavy atom. The normalized spacial score (nSPS) is 16.7. The zero-order chi connectivity index (χ0) is 27.4. The number of rotatable bonds is 8. The molecule has 2 aromatic rings. The molecule has 0 radical (unpaired) electrons. The van der Waals surface area contributed by atoms with E-state index in [4.69, 9.17) is 16.3 Å². The van der Waals surface area contributed by atoms with Gasteiger partial charge in [0.15, 0.2) is 0 Å². The van der Waals surface area contributed by atoms with Crippen molar-refractivity contribution in [1.82, 2.24) is 9.80 Å². The van der Waals surface area contributed by atoms with Gasteiger partial charge < -0.3 is 19.9 Å². The molecule has 2 heterocycles. The van der Waals surface area contributed by atoms with Crippen molar-refractivity contribution < 1.29 is 23.9 Å². The van der Waals surface area contributed by atoms with Gasteiger partial charge in [0.25, 0.3) is 17.7 Å². The summed E-state index contributed by atoms with van der Waals surface area (Å²) in [7, 11) is 3.90. The minimum atomic E-state index is -0.704. The van der Waals surface area contributed by atoms with Gasteiger partial charge in [-0.05, 0) is 81.9 Å². The molecule has 4 rings (SSSR count). The molecule has 38 heavy (non-hydrogen) atoms. The van der Waals surface area contributed by atoms with Crippen molar-refractivity contribution in [2.75, 3.05) is 44.0 Å². The Balaban J connectivity index is 1.45. The quantitative estimate of drug-likeness (QED) is 0.402. The van der Waals surface area contributed by atoms with Crippen molar-refractivity contribution in [1.29, 1.82) is 0 Å². The molecule has 2 aliphatic heterocycles. The summed E-state index contributed by atoms with van der Waals surface area (Å²) in [5.41, 5.74) is 1.37. The van der Waals surface area contributed by atoms with E-state index in [0.29, 0.717) is 17.7 Å². The predicted molar refractivity (Wildman–Crippen MR) is 145 cm³/mol. The van der Waals surface area contributed by atoms with Gasteiger partial charge in [0, 0.05) is 24.3 Å². The van der Waals surface area contributed by atoms with E-state index < -0.39 is 17.8 Å². The summed E-state index contributed by atoms with van der Waals surface area (Å²) in [4.78, 5) is 56.2. The third-order valence-electron chi connectivity index (χ3n) is 6.76. The number of amides is 3. The van der Waals surface area contributed by atoms with Crippen molar-refractivity contribution in [2.45, 2.75) is 32.2 Å². The van der Waals surface area contributed by atoms with Crippen molar-refractivity contribution in [3.63, 3.8) is 0 Å². The standard InChI is InChI=1S/C28H31ClN4O5/c1-4-16-38-28(37)19-6-5-7-22(17-19)33-26(35)23(29)24(27(33)36)30-20-10-8-18(9-11-20)25(34)32(3)21-12-14-31(2)15-13-21/h5-11,17,21,30H,4,12-16H2,1-3H3. The Labute approximate surface area is 227 Å². The lowest BCUT2D eigenvalue weighted by molar-refractivity contribution is -0.120. The number of nitrogens with one attached hydrogen (secondary N) is 1. The Bertz CT molecular complexity index is 1270. The van der Waals surface area contributed by atoms with Crippen molar-refractivity contribution in [3.8, 4) is 0 Å². The zero-order valence-electron chi connectivity index (χ0n) is 21.7. The van der Waals surface area contributed by atoms with Gasteiger partial charge in [-0.3, -0.25) is 14.4 Å². The predicted octanol–water partition coefficient (Wildman–Crippen LogP) is 3.86. The van der Waals surface area contributed by atoms with Gasteiger partial charge in [0.2, 0.25) is 0 Å². The van der Waals surface area contributed by atoms with E-state index in [1.165, 1.54) is 6.07 Å². The second kappa shape index (κ2) is 11.8. The molecule has 200 valence electrons. The number of nitrogens with zero attached hydrogens (tertiary/aromatic N) is 3. The molecule has 0 aliphatic carbocycles. The first-order chi connectivity index (χ1) is 18.2. The van der Waals surface area contributed by atoms with E-state index in [1.807, 2.05) is 14.0 Å². The first-order valence-electron chi connectivity index (χ1n) is 12.6. The van der Waals surface area contributed by atoms with Crippen LogP contribution in [-0.2, 0) is 14.3 Å². The van der Waals surface area contributed by atoms with Gasteiger partial charge in [0.05, 0.1) is 17.9 Å². The molecular weight excluding hydrogens is 508 g/mol. The minimum absolute atomic E-state index is 0.0704. The summed E-state index contributed by atoms with van der Waals surface area (Å²) >= 11 is 6.26. The highest BCUT2D eigenvalue weighted by Gasteiger charge is 2.39. The maximum absolute atomic E-state index is 13.2. The molecule has 9 nitrogen and oxygen atoms in total. The Hall–Kier alpha value is -3.69. The topological polar surface area (TPSA) is 99.3 Å². The van der Waals surface area contributed by atoms with Crippen molar-refractivity contribution in [3.05, 3.63) is 70.4 Å². The largest absolute Gasteiger partial charge is 0.462 e. The number of anilines is 2. The molecule has 2 aliphatic rings. The van der Waals surface area contributed by atoms with Gasteiger partial charge in [-0.25, -0.2) is 9.69 Å². The van der Waals surface area contributed by atoms with Crippen LogP contribution in [0.5, 0.6) is 0 Å². The summed E-state index contributed by atoms with van der Waals surface area (Å²) < 4.78 is 5.14. The third-order valence-corrected chi connectivity index (χ3v) is 7.11. The van der Waals surface area contributed by atoms with Crippen molar-refractivity contribution >= 4 is 46.7 Å². The number of hydrogen-bond acceptors (Lipinski definition) is 7. The van der Waals surface area contributed by atoms with E-state index in [0.717, 1.165) is 30.8 Å². The highest BCUT2D eigenvalue weighted by molar-refractivity contribution is 6.53. The third kappa shape index (κ3) is 5.74. The number of esters is 1. The zero-order valence-corrected chi connectivity index (χ0v) is 22.5. The number of carbonyl (C=O) groups excluding carboxylic acids is 4. The number of piperidine rings is 1. The van der Waals surface area contributed by atoms with E-state index in [9.17, 15) is 19.2 Å². The first kappa shape index (κ1) is 27.3. The van der Waals surface area contributed by atoms with Crippen LogP contribution in [0.3, 0.4) is 0 Å². The van der Waals surface area contributed by atoms with E-state index >= 15 is 0 Å². The molecule has 0 saturated carbocycles. The number of likely N-dealkylation sites (tertiary alicyclic amines) is 1. The minimum Gasteiger partial charge on any atom is -0.462 e. The van der Waals surface area contributed by atoms with Gasteiger partial charge in [0.1, 0.15) is 10.7 Å². The highest BCUT2D eigenvalue weighted by atomic mass is 35.5. The van der Waals surface area contributed by atoms with Crippen LogP contribution in [0.1, 0.15) is 46.9 Å². The molecule has 1 fully saturated rings. The lowest BCUT2D eigenvalue weighted by atomic mass is 10.0. The maximum atomic E-state index is 13.2. The number of ether oxygens (including phenoxy) is 1. The average Bonchev–Trinajstić information content (AvgIpc) is 3.14.